The third kappa shape index (κ3) is 4.09. The standard InChI is InChI=1S/C25H25BrN8O2/c1-13-7-17(5-6-20(13)26)22(35)32-12-21-19(9-15(32)3)23(36)33(24-28-10-18(27)11-29-24)25(30-21)34-16(4)8-14(2)31-34/h5-8,10-11,15H,9,12,27H2,1-4H3/t15-/m1/s1. The smallest absolute Gasteiger partial charge is 0.265 e. The number of aryl methyl sites for hydroxylation is 3. The van der Waals surface area contributed by atoms with E-state index < -0.39 is 0 Å². The van der Waals surface area contributed by atoms with Crippen molar-refractivity contribution in [3.63, 3.8) is 0 Å². The van der Waals surface area contributed by atoms with Gasteiger partial charge in [-0.2, -0.15) is 5.10 Å². The molecule has 0 saturated carbocycles. The fraction of sp³-hybridized carbons (Fsp3) is 0.280. The Balaban J connectivity index is 1.65. The lowest BCUT2D eigenvalue weighted by atomic mass is 9.98. The molecular formula is C25H25BrN8O2. The van der Waals surface area contributed by atoms with E-state index in [1.165, 1.54) is 17.0 Å². The molecule has 11 heteroatoms. The summed E-state index contributed by atoms with van der Waals surface area (Å²) in [4.78, 5) is 42.5. The number of nitrogen functional groups attached to an aromatic ring is 1. The van der Waals surface area contributed by atoms with E-state index in [1.54, 1.807) is 15.6 Å². The minimum Gasteiger partial charge on any atom is -0.396 e. The molecule has 1 amide bonds. The van der Waals surface area contributed by atoms with Crippen LogP contribution in [0.2, 0.25) is 0 Å². The van der Waals surface area contributed by atoms with E-state index in [2.05, 4.69) is 31.0 Å². The number of benzene rings is 1. The number of carbonyl (C=O) groups is 1. The molecule has 0 fully saturated rings. The molecule has 0 saturated heterocycles. The van der Waals surface area contributed by atoms with E-state index in [4.69, 9.17) is 10.7 Å². The van der Waals surface area contributed by atoms with Crippen molar-refractivity contribution < 1.29 is 4.79 Å². The highest BCUT2D eigenvalue weighted by atomic mass is 79.9. The molecule has 2 N–H and O–H groups in total. The van der Waals surface area contributed by atoms with E-state index in [0.717, 1.165) is 21.4 Å². The van der Waals surface area contributed by atoms with Crippen LogP contribution < -0.4 is 11.3 Å². The van der Waals surface area contributed by atoms with Gasteiger partial charge in [0.1, 0.15) is 0 Å². The lowest BCUT2D eigenvalue weighted by Gasteiger charge is -2.34. The predicted molar refractivity (Wildman–Crippen MR) is 138 cm³/mol. The minimum absolute atomic E-state index is 0.107. The first-order valence-electron chi connectivity index (χ1n) is 11.5. The number of anilines is 1. The van der Waals surface area contributed by atoms with Crippen LogP contribution in [0, 0.1) is 20.8 Å². The lowest BCUT2D eigenvalue weighted by molar-refractivity contribution is 0.0652. The fourth-order valence-corrected chi connectivity index (χ4v) is 4.71. The molecule has 1 aromatic carbocycles. The van der Waals surface area contributed by atoms with Crippen LogP contribution in [0.25, 0.3) is 11.9 Å². The minimum atomic E-state index is -0.286. The van der Waals surface area contributed by atoms with E-state index in [1.807, 2.05) is 45.9 Å². The number of nitrogens with zero attached hydrogens (tertiary/aromatic N) is 7. The zero-order chi connectivity index (χ0) is 25.7. The number of carbonyl (C=O) groups excluding carboxylic acids is 1. The monoisotopic (exact) mass is 548 g/mol. The van der Waals surface area contributed by atoms with Gasteiger partial charge in [-0.3, -0.25) is 9.59 Å². The Bertz CT molecular complexity index is 1560. The maximum Gasteiger partial charge on any atom is 0.265 e. The van der Waals surface area contributed by atoms with Crippen LogP contribution >= 0.6 is 15.9 Å². The number of amides is 1. The Hall–Kier alpha value is -3.86. The van der Waals surface area contributed by atoms with E-state index in [-0.39, 0.29) is 35.9 Å². The van der Waals surface area contributed by atoms with Crippen LogP contribution in [0.3, 0.4) is 0 Å². The number of fused-ring (bicyclic) bond motifs is 1. The van der Waals surface area contributed by atoms with Crippen molar-refractivity contribution in [2.75, 3.05) is 5.73 Å². The van der Waals surface area contributed by atoms with E-state index >= 15 is 0 Å². The van der Waals surface area contributed by atoms with Crippen molar-refractivity contribution in [3.8, 4) is 11.9 Å². The molecule has 0 aliphatic carbocycles. The molecule has 10 nitrogen and oxygen atoms in total. The zero-order valence-corrected chi connectivity index (χ0v) is 21.9. The molecule has 0 unspecified atom stereocenters. The van der Waals surface area contributed by atoms with Gasteiger partial charge in [-0.1, -0.05) is 15.9 Å². The zero-order valence-electron chi connectivity index (χ0n) is 20.4. The third-order valence-corrected chi connectivity index (χ3v) is 7.21. The van der Waals surface area contributed by atoms with Gasteiger partial charge in [0.05, 0.1) is 36.0 Å². The topological polar surface area (TPSA) is 125 Å². The summed E-state index contributed by atoms with van der Waals surface area (Å²) in [6.07, 6.45) is 3.25. The average molecular weight is 549 g/mol. The summed E-state index contributed by atoms with van der Waals surface area (Å²) in [6, 6.07) is 7.22. The summed E-state index contributed by atoms with van der Waals surface area (Å²) in [5.41, 5.74) is 10.1. The van der Waals surface area contributed by atoms with Crippen molar-refractivity contribution in [3.05, 3.63) is 85.3 Å². The number of halogens is 1. The Morgan fingerprint density at radius 1 is 1.14 bits per heavy atom. The van der Waals surface area contributed by atoms with E-state index in [9.17, 15) is 9.59 Å². The van der Waals surface area contributed by atoms with Gasteiger partial charge in [-0.05, 0) is 63.9 Å². The Morgan fingerprint density at radius 2 is 1.86 bits per heavy atom. The SMILES string of the molecule is Cc1cc(C)n(-c2nc3c(c(=O)n2-c2ncc(N)cn2)C[C@@H](C)N(C(=O)c2ccc(Br)c(C)c2)C3)n1. The quantitative estimate of drug-likeness (QED) is 0.417. The second-order valence-corrected chi connectivity index (χ2v) is 9.94. The summed E-state index contributed by atoms with van der Waals surface area (Å²) in [5, 5.41) is 4.54. The first-order chi connectivity index (χ1) is 17.1. The molecule has 5 rings (SSSR count). The Labute approximate surface area is 216 Å². The summed E-state index contributed by atoms with van der Waals surface area (Å²) < 4.78 is 3.90. The van der Waals surface area contributed by atoms with Gasteiger partial charge >= 0.3 is 0 Å². The number of aromatic nitrogens is 6. The first-order valence-corrected chi connectivity index (χ1v) is 12.3. The average Bonchev–Trinajstić information content (AvgIpc) is 3.18. The normalized spacial score (nSPS) is 15.1. The molecule has 4 aromatic rings. The van der Waals surface area contributed by atoms with Crippen molar-refractivity contribution in [1.29, 1.82) is 0 Å². The largest absolute Gasteiger partial charge is 0.396 e. The van der Waals surface area contributed by atoms with Gasteiger partial charge in [0.25, 0.3) is 11.5 Å². The second-order valence-electron chi connectivity index (χ2n) is 9.08. The van der Waals surface area contributed by atoms with Gasteiger partial charge in [-0.15, -0.1) is 0 Å². The molecule has 0 radical (unpaired) electrons. The molecule has 1 atom stereocenters. The molecule has 184 valence electrons. The Kier molecular flexibility index (Phi) is 5.95. The molecule has 1 aliphatic heterocycles. The number of hydrogen-bond donors (Lipinski definition) is 1. The van der Waals surface area contributed by atoms with Crippen LogP contribution in [0.4, 0.5) is 5.69 Å². The molecule has 4 heterocycles. The van der Waals surface area contributed by atoms with Crippen LogP contribution in [-0.4, -0.2) is 46.1 Å². The highest BCUT2D eigenvalue weighted by Gasteiger charge is 2.33. The van der Waals surface area contributed by atoms with Crippen molar-refractivity contribution in [2.24, 2.45) is 0 Å². The van der Waals surface area contributed by atoms with Crippen LogP contribution in [-0.2, 0) is 13.0 Å². The predicted octanol–water partition coefficient (Wildman–Crippen LogP) is 3.07. The molecule has 36 heavy (non-hydrogen) atoms. The first kappa shape index (κ1) is 23.9. The summed E-state index contributed by atoms with van der Waals surface area (Å²) in [7, 11) is 0. The summed E-state index contributed by atoms with van der Waals surface area (Å²) >= 11 is 3.49. The van der Waals surface area contributed by atoms with Gasteiger partial charge in [0.15, 0.2) is 0 Å². The third-order valence-electron chi connectivity index (χ3n) is 6.32. The Morgan fingerprint density at radius 3 is 2.50 bits per heavy atom. The molecule has 0 spiro atoms. The molecular weight excluding hydrogens is 524 g/mol. The second kappa shape index (κ2) is 8.98. The van der Waals surface area contributed by atoms with Gasteiger partial charge in [-0.25, -0.2) is 24.2 Å². The number of hydrogen-bond acceptors (Lipinski definition) is 7. The molecule has 3 aromatic heterocycles. The van der Waals surface area contributed by atoms with Crippen molar-refractivity contribution in [2.45, 2.75) is 46.7 Å². The highest BCUT2D eigenvalue weighted by Crippen LogP contribution is 2.25. The number of nitrogens with two attached hydrogens (primary N) is 1. The fourth-order valence-electron chi connectivity index (χ4n) is 4.46. The summed E-state index contributed by atoms with van der Waals surface area (Å²) in [6.45, 7) is 7.83. The highest BCUT2D eigenvalue weighted by molar-refractivity contribution is 9.10. The van der Waals surface area contributed by atoms with Gasteiger partial charge < -0.3 is 10.6 Å². The van der Waals surface area contributed by atoms with E-state index in [0.29, 0.717) is 28.9 Å². The lowest BCUT2D eigenvalue weighted by Crippen LogP contribution is -2.46. The van der Waals surface area contributed by atoms with Gasteiger partial charge in [0, 0.05) is 27.3 Å². The van der Waals surface area contributed by atoms with Crippen LogP contribution in [0.1, 0.15) is 45.5 Å². The van der Waals surface area contributed by atoms with Crippen LogP contribution in [0.5, 0.6) is 0 Å². The number of rotatable bonds is 3. The molecule has 1 aliphatic rings. The van der Waals surface area contributed by atoms with Crippen molar-refractivity contribution >= 4 is 27.5 Å². The maximum atomic E-state index is 13.8. The maximum absolute atomic E-state index is 13.8. The van der Waals surface area contributed by atoms with Gasteiger partial charge in [0.2, 0.25) is 11.9 Å². The summed E-state index contributed by atoms with van der Waals surface area (Å²) in [5.74, 6) is 0.309. The van der Waals surface area contributed by atoms with Crippen molar-refractivity contribution in [1.82, 2.24) is 34.2 Å². The molecule has 0 bridgehead atoms. The van der Waals surface area contributed by atoms with Crippen LogP contribution in [0.15, 0.2) is 45.9 Å².